The Morgan fingerprint density at radius 2 is 1.69 bits per heavy atom. The van der Waals surface area contributed by atoms with Gasteiger partial charge in [-0.05, 0) is 45.4 Å². The minimum absolute atomic E-state index is 0.0432. The van der Waals surface area contributed by atoms with Gasteiger partial charge in [-0.1, -0.05) is 30.3 Å². The molecular formula is C22H26F3N3O4. The molecule has 2 rings (SSSR count). The average Bonchev–Trinajstić information content (AvgIpc) is 2.69. The number of nitrogens with one attached hydrogen (secondary N) is 2. The smallest absolute Gasteiger partial charge is 0.422 e. The minimum atomic E-state index is -4.45. The molecule has 7 nitrogen and oxygen atoms in total. The molecule has 2 amide bonds. The normalized spacial score (nSPS) is 13.6. The summed E-state index contributed by atoms with van der Waals surface area (Å²) in [5, 5.41) is 5.31. The predicted molar refractivity (Wildman–Crippen MR) is 111 cm³/mol. The first-order valence-corrected chi connectivity index (χ1v) is 9.84. The molecule has 1 heterocycles. The highest BCUT2D eigenvalue weighted by Gasteiger charge is 2.29. The van der Waals surface area contributed by atoms with Gasteiger partial charge in [-0.3, -0.25) is 9.78 Å². The summed E-state index contributed by atoms with van der Waals surface area (Å²) in [6.45, 7) is 5.36. The highest BCUT2D eigenvalue weighted by atomic mass is 19.4. The number of alkyl carbamates (subject to hydrolysis) is 1. The van der Waals surface area contributed by atoms with Crippen molar-refractivity contribution in [3.05, 3.63) is 59.9 Å². The number of amides is 2. The molecule has 0 radical (unpaired) electrons. The van der Waals surface area contributed by atoms with Crippen LogP contribution in [0.25, 0.3) is 0 Å². The predicted octanol–water partition coefficient (Wildman–Crippen LogP) is 4.47. The fraction of sp³-hybridized carbons (Fsp3) is 0.409. The van der Waals surface area contributed by atoms with Gasteiger partial charge in [-0.15, -0.1) is 0 Å². The second-order valence-corrected chi connectivity index (χ2v) is 8.04. The third-order valence-electron chi connectivity index (χ3n) is 4.02. The van der Waals surface area contributed by atoms with E-state index in [1.165, 1.54) is 12.1 Å². The Bertz CT molecular complexity index is 897. The molecule has 32 heavy (non-hydrogen) atoms. The van der Waals surface area contributed by atoms with Gasteiger partial charge in [0.25, 0.3) is 0 Å². The standard InChI is InChI=1S/C22H26F3N3O4/c1-14(17-11-10-16(12-26-17)31-13-22(23,24)25)27-19(29)18(15-8-6-5-7-9-15)28-20(30)32-21(2,3)4/h5-12,14,18H,13H2,1-4H3,(H,27,29)(H,28,30)/t14-,18?/m1/s1. The quantitative estimate of drug-likeness (QED) is 0.646. The van der Waals surface area contributed by atoms with E-state index in [1.54, 1.807) is 58.0 Å². The largest absolute Gasteiger partial charge is 0.483 e. The molecule has 0 spiro atoms. The van der Waals surface area contributed by atoms with Crippen LogP contribution in [-0.2, 0) is 9.53 Å². The van der Waals surface area contributed by atoms with Crippen LogP contribution in [0.3, 0.4) is 0 Å². The first-order chi connectivity index (χ1) is 14.8. The maximum Gasteiger partial charge on any atom is 0.422 e. The summed E-state index contributed by atoms with van der Waals surface area (Å²) in [5.41, 5.74) is 0.211. The molecule has 0 fully saturated rings. The molecule has 0 bridgehead atoms. The summed E-state index contributed by atoms with van der Waals surface area (Å²) in [4.78, 5) is 29.3. The molecule has 2 N–H and O–H groups in total. The van der Waals surface area contributed by atoms with Crippen LogP contribution >= 0.6 is 0 Å². The van der Waals surface area contributed by atoms with Gasteiger partial charge < -0.3 is 20.1 Å². The third kappa shape index (κ3) is 8.44. The summed E-state index contributed by atoms with van der Waals surface area (Å²) in [5.74, 6) is -0.549. The van der Waals surface area contributed by atoms with E-state index < -0.39 is 42.5 Å². The number of aromatic nitrogens is 1. The number of hydrogen-bond donors (Lipinski definition) is 2. The summed E-state index contributed by atoms with van der Waals surface area (Å²) < 4.78 is 46.7. The molecule has 0 aliphatic heterocycles. The summed E-state index contributed by atoms with van der Waals surface area (Å²) in [7, 11) is 0. The van der Waals surface area contributed by atoms with E-state index in [9.17, 15) is 22.8 Å². The fourth-order valence-corrected chi connectivity index (χ4v) is 2.64. The number of carbonyl (C=O) groups excluding carboxylic acids is 2. The third-order valence-corrected chi connectivity index (χ3v) is 4.02. The Morgan fingerprint density at radius 3 is 2.22 bits per heavy atom. The van der Waals surface area contributed by atoms with Crippen molar-refractivity contribution in [2.24, 2.45) is 0 Å². The van der Waals surface area contributed by atoms with Crippen LogP contribution < -0.4 is 15.4 Å². The zero-order chi connectivity index (χ0) is 23.9. The van der Waals surface area contributed by atoms with Gasteiger partial charge in [0.1, 0.15) is 17.4 Å². The number of pyridine rings is 1. The highest BCUT2D eigenvalue weighted by Crippen LogP contribution is 2.21. The van der Waals surface area contributed by atoms with E-state index in [1.807, 2.05) is 0 Å². The maximum atomic E-state index is 12.9. The van der Waals surface area contributed by atoms with Crippen LogP contribution in [0.4, 0.5) is 18.0 Å². The molecule has 1 aromatic heterocycles. The van der Waals surface area contributed by atoms with Gasteiger partial charge in [0.15, 0.2) is 6.61 Å². The molecule has 174 valence electrons. The Labute approximate surface area is 184 Å². The van der Waals surface area contributed by atoms with Crippen molar-refractivity contribution in [1.82, 2.24) is 15.6 Å². The van der Waals surface area contributed by atoms with E-state index in [0.717, 1.165) is 6.20 Å². The van der Waals surface area contributed by atoms with Crippen LogP contribution in [-0.4, -0.2) is 35.4 Å². The Hall–Kier alpha value is -3.30. The molecule has 0 saturated carbocycles. The van der Waals surface area contributed by atoms with E-state index in [0.29, 0.717) is 11.3 Å². The molecule has 0 saturated heterocycles. The van der Waals surface area contributed by atoms with E-state index >= 15 is 0 Å². The van der Waals surface area contributed by atoms with Crippen molar-refractivity contribution in [2.75, 3.05) is 6.61 Å². The summed E-state index contributed by atoms with van der Waals surface area (Å²) >= 11 is 0. The number of carbonyl (C=O) groups is 2. The highest BCUT2D eigenvalue weighted by molar-refractivity contribution is 5.87. The Kier molecular flexibility index (Phi) is 8.07. The van der Waals surface area contributed by atoms with Gasteiger partial charge in [-0.2, -0.15) is 13.2 Å². The van der Waals surface area contributed by atoms with Gasteiger partial charge >= 0.3 is 12.3 Å². The molecular weight excluding hydrogens is 427 g/mol. The van der Waals surface area contributed by atoms with Crippen LogP contribution in [0.1, 0.15) is 51.0 Å². The first-order valence-electron chi connectivity index (χ1n) is 9.84. The number of nitrogens with zero attached hydrogens (tertiary/aromatic N) is 1. The number of halogens is 3. The Morgan fingerprint density at radius 1 is 1.03 bits per heavy atom. The lowest BCUT2D eigenvalue weighted by molar-refractivity contribution is -0.153. The lowest BCUT2D eigenvalue weighted by atomic mass is 10.1. The fourth-order valence-electron chi connectivity index (χ4n) is 2.64. The van der Waals surface area contributed by atoms with Crippen molar-refractivity contribution in [1.29, 1.82) is 0 Å². The van der Waals surface area contributed by atoms with Crippen LogP contribution in [0, 0.1) is 0 Å². The van der Waals surface area contributed by atoms with Gasteiger partial charge in [0.05, 0.1) is 17.9 Å². The van der Waals surface area contributed by atoms with Crippen LogP contribution in [0.15, 0.2) is 48.7 Å². The van der Waals surface area contributed by atoms with Crippen molar-refractivity contribution in [3.8, 4) is 5.75 Å². The Balaban J connectivity index is 2.08. The zero-order valence-corrected chi connectivity index (χ0v) is 18.2. The number of ether oxygens (including phenoxy) is 2. The number of alkyl halides is 3. The van der Waals surface area contributed by atoms with Crippen LogP contribution in [0.2, 0.25) is 0 Å². The molecule has 2 atom stereocenters. The van der Waals surface area contributed by atoms with E-state index in [-0.39, 0.29) is 5.75 Å². The van der Waals surface area contributed by atoms with Gasteiger partial charge in [0.2, 0.25) is 5.91 Å². The monoisotopic (exact) mass is 453 g/mol. The summed E-state index contributed by atoms with van der Waals surface area (Å²) in [6.07, 6.45) is -4.05. The number of hydrogen-bond acceptors (Lipinski definition) is 5. The van der Waals surface area contributed by atoms with Crippen LogP contribution in [0.5, 0.6) is 5.75 Å². The maximum absolute atomic E-state index is 12.9. The molecule has 2 aromatic rings. The zero-order valence-electron chi connectivity index (χ0n) is 18.2. The number of benzene rings is 1. The topological polar surface area (TPSA) is 89.6 Å². The minimum Gasteiger partial charge on any atom is -0.483 e. The van der Waals surface area contributed by atoms with Crippen molar-refractivity contribution in [2.45, 2.75) is 51.6 Å². The molecule has 0 aliphatic rings. The average molecular weight is 453 g/mol. The van der Waals surface area contributed by atoms with Crippen molar-refractivity contribution >= 4 is 12.0 Å². The molecule has 1 aromatic carbocycles. The number of rotatable bonds is 7. The van der Waals surface area contributed by atoms with E-state index in [4.69, 9.17) is 4.74 Å². The lowest BCUT2D eigenvalue weighted by Gasteiger charge is -2.24. The van der Waals surface area contributed by atoms with Gasteiger partial charge in [-0.25, -0.2) is 4.79 Å². The van der Waals surface area contributed by atoms with Crippen molar-refractivity contribution < 1.29 is 32.2 Å². The SMILES string of the molecule is C[C@@H](NC(=O)C(NC(=O)OC(C)(C)C)c1ccccc1)c1ccc(OCC(F)(F)F)cn1. The van der Waals surface area contributed by atoms with Crippen molar-refractivity contribution in [3.63, 3.8) is 0 Å². The lowest BCUT2D eigenvalue weighted by Crippen LogP contribution is -2.43. The summed E-state index contributed by atoms with van der Waals surface area (Å²) in [6, 6.07) is 9.80. The molecule has 0 aliphatic carbocycles. The second kappa shape index (κ2) is 10.3. The first kappa shape index (κ1) is 25.0. The van der Waals surface area contributed by atoms with Gasteiger partial charge in [0, 0.05) is 0 Å². The molecule has 1 unspecified atom stereocenters. The molecule has 10 heteroatoms. The second-order valence-electron chi connectivity index (χ2n) is 8.04. The van der Waals surface area contributed by atoms with E-state index in [2.05, 4.69) is 20.4 Å².